The maximum Gasteiger partial charge on any atom is 0.0639 e. The Kier molecular flexibility index (Phi) is 12.5. The molecule has 0 aliphatic rings. The van der Waals surface area contributed by atoms with Crippen LogP contribution < -0.4 is 9.80 Å². The van der Waals surface area contributed by atoms with E-state index in [9.17, 15) is 0 Å². The highest BCUT2D eigenvalue weighted by molar-refractivity contribution is 5.82. The molecule has 0 heterocycles. The average Bonchev–Trinajstić information content (AvgIpc) is 3.00. The molecule has 0 aliphatic heterocycles. The minimum absolute atomic E-state index is 0.735. The van der Waals surface area contributed by atoms with Crippen LogP contribution >= 0.6 is 0 Å². The Balaban J connectivity index is 0.000000216. The van der Waals surface area contributed by atoms with Gasteiger partial charge in [0.15, 0.2) is 0 Å². The smallest absolute Gasteiger partial charge is 0.0639 e. The summed E-state index contributed by atoms with van der Waals surface area (Å²) in [6, 6.07) is 37.4. The molecule has 0 aromatic heterocycles. The molecule has 0 fully saturated rings. The van der Waals surface area contributed by atoms with Crippen LogP contribution in [0.2, 0.25) is 0 Å². The van der Waals surface area contributed by atoms with E-state index in [0.29, 0.717) is 0 Å². The van der Waals surface area contributed by atoms with Crippen molar-refractivity contribution in [2.45, 2.75) is 34.2 Å². The molecule has 0 atom stereocenters. The lowest BCUT2D eigenvalue weighted by molar-refractivity contribution is 0.866. The summed E-state index contributed by atoms with van der Waals surface area (Å²) in [5.41, 5.74) is 7.03. The third-order valence-electron chi connectivity index (χ3n) is 6.52. The second-order valence-corrected chi connectivity index (χ2v) is 9.08. The lowest BCUT2D eigenvalue weighted by Gasteiger charge is -2.20. The Bertz CT molecular complexity index is 1240. The molecule has 0 N–H and O–H groups in total. The highest BCUT2D eigenvalue weighted by Gasteiger charge is 2.01. The molecule has 0 spiro atoms. The topological polar surface area (TPSA) is 31.2 Å². The normalized spacial score (nSPS) is 10.9. The summed E-state index contributed by atoms with van der Waals surface area (Å²) in [5, 5.41) is 0. The lowest BCUT2D eigenvalue weighted by atomic mass is 10.2. The van der Waals surface area contributed by atoms with Crippen molar-refractivity contribution in [1.82, 2.24) is 0 Å². The van der Waals surface area contributed by atoms with Crippen molar-refractivity contribution in [3.63, 3.8) is 0 Å². The van der Waals surface area contributed by atoms with Gasteiger partial charge in [0, 0.05) is 50.0 Å². The van der Waals surface area contributed by atoms with Crippen molar-refractivity contribution in [1.29, 1.82) is 0 Å². The first kappa shape index (κ1) is 29.4. The highest BCUT2D eigenvalue weighted by Crippen LogP contribution is 2.16. The first-order valence-corrected chi connectivity index (χ1v) is 14.0. The van der Waals surface area contributed by atoms with Gasteiger partial charge in [0.25, 0.3) is 0 Å². The molecule has 0 saturated heterocycles. The van der Waals surface area contributed by atoms with Crippen LogP contribution in [0, 0.1) is 0 Å². The minimum Gasteiger partial charge on any atom is -0.372 e. The fourth-order valence-corrected chi connectivity index (χ4v) is 4.22. The molecule has 4 aromatic rings. The van der Waals surface area contributed by atoms with Gasteiger partial charge in [0.05, 0.1) is 12.2 Å². The van der Waals surface area contributed by atoms with E-state index < -0.39 is 0 Å². The maximum absolute atomic E-state index is 4.49. The summed E-state index contributed by atoms with van der Waals surface area (Å²) < 4.78 is 0. The van der Waals surface area contributed by atoms with Crippen molar-refractivity contribution < 1.29 is 0 Å². The van der Waals surface area contributed by atoms with E-state index in [0.717, 1.165) is 49.5 Å². The molecule has 4 nitrogen and oxygen atoms in total. The van der Waals surface area contributed by atoms with Crippen LogP contribution in [0.25, 0.3) is 0 Å². The molecule has 4 rings (SSSR count). The van der Waals surface area contributed by atoms with Crippen molar-refractivity contribution in [3.8, 4) is 0 Å². The van der Waals surface area contributed by atoms with E-state index in [2.05, 4.69) is 108 Å². The Hall–Kier alpha value is -4.18. The van der Waals surface area contributed by atoms with Gasteiger partial charge in [0.2, 0.25) is 0 Å². The molecule has 4 aromatic carbocycles. The summed E-state index contributed by atoms with van der Waals surface area (Å²) in [5.74, 6) is 0. The second-order valence-electron chi connectivity index (χ2n) is 9.08. The van der Waals surface area contributed by atoms with E-state index in [1.54, 1.807) is 0 Å². The van der Waals surface area contributed by atoms with Gasteiger partial charge in [-0.2, -0.15) is 0 Å². The number of aliphatic imine (C=N–C) groups is 2. The first-order valence-electron chi connectivity index (χ1n) is 14.0. The summed E-state index contributed by atoms with van der Waals surface area (Å²) >= 11 is 0. The number of benzene rings is 4. The summed E-state index contributed by atoms with van der Waals surface area (Å²) in [7, 11) is 0. The molecular formula is C35H42N4. The van der Waals surface area contributed by atoms with Crippen molar-refractivity contribution in [2.24, 2.45) is 9.98 Å². The number of hydrogen-bond donors (Lipinski definition) is 0. The van der Waals surface area contributed by atoms with Gasteiger partial charge in [-0.1, -0.05) is 72.8 Å². The molecule has 0 aliphatic carbocycles. The van der Waals surface area contributed by atoms with Gasteiger partial charge in [-0.25, -0.2) is 0 Å². The minimum atomic E-state index is 0.735. The molecule has 0 radical (unpaired) electrons. The predicted octanol–water partition coefficient (Wildman–Crippen LogP) is 8.44. The quantitative estimate of drug-likeness (QED) is 0.187. The summed E-state index contributed by atoms with van der Waals surface area (Å²) in [6.45, 7) is 13.6. The van der Waals surface area contributed by atoms with Crippen LogP contribution in [0.3, 0.4) is 0 Å². The molecular weight excluding hydrogens is 476 g/mol. The number of para-hydroxylation sites is 1. The van der Waals surface area contributed by atoms with Gasteiger partial charge in [0.1, 0.15) is 0 Å². The Morgan fingerprint density at radius 3 is 1.41 bits per heavy atom. The molecule has 0 amide bonds. The molecule has 0 bridgehead atoms. The lowest BCUT2D eigenvalue weighted by Crippen LogP contribution is -2.21. The fraction of sp³-hybridized carbons (Fsp3) is 0.257. The Labute approximate surface area is 235 Å². The fourth-order valence-electron chi connectivity index (χ4n) is 4.22. The average molecular weight is 519 g/mol. The second kappa shape index (κ2) is 16.6. The van der Waals surface area contributed by atoms with Crippen LogP contribution in [0.4, 0.5) is 17.1 Å². The van der Waals surface area contributed by atoms with E-state index >= 15 is 0 Å². The third kappa shape index (κ3) is 9.90. The molecule has 0 unspecified atom stereocenters. The van der Waals surface area contributed by atoms with E-state index in [1.165, 1.54) is 16.9 Å². The van der Waals surface area contributed by atoms with Crippen LogP contribution in [0.5, 0.6) is 0 Å². The van der Waals surface area contributed by atoms with Crippen molar-refractivity contribution in [2.75, 3.05) is 36.0 Å². The van der Waals surface area contributed by atoms with Gasteiger partial charge < -0.3 is 9.80 Å². The number of anilines is 2. The van der Waals surface area contributed by atoms with E-state index in [4.69, 9.17) is 0 Å². The zero-order valence-corrected chi connectivity index (χ0v) is 23.9. The first-order chi connectivity index (χ1) is 19.2. The van der Waals surface area contributed by atoms with Crippen LogP contribution in [-0.2, 0) is 6.54 Å². The van der Waals surface area contributed by atoms with Gasteiger partial charge in [-0.05, 0) is 80.8 Å². The predicted molar refractivity (Wildman–Crippen MR) is 171 cm³/mol. The number of rotatable bonds is 11. The summed E-state index contributed by atoms with van der Waals surface area (Å²) in [6.07, 6.45) is 3.85. The standard InChI is InChI=1S/C18H22N2.C17H20N2/c1-3-20(4-2)18-12-10-17(11-13-18)15-19-14-16-8-6-5-7-9-16;1-3-19(4-2)17-12-10-15(11-13-17)14-18-16-8-6-5-7-9-16/h5-13,15H,3-4,14H2,1-2H3;5-14H,3-4H2,1-2H3. The number of nitrogens with zero attached hydrogens (tertiary/aromatic N) is 4. The zero-order chi connectivity index (χ0) is 27.7. The highest BCUT2D eigenvalue weighted by atomic mass is 15.1. The molecule has 39 heavy (non-hydrogen) atoms. The zero-order valence-electron chi connectivity index (χ0n) is 23.9. The Morgan fingerprint density at radius 2 is 0.949 bits per heavy atom. The SMILES string of the molecule is CCN(CC)c1ccc(C=NCc2ccccc2)cc1.CCN(CC)c1ccc(C=Nc2ccccc2)cc1. The largest absolute Gasteiger partial charge is 0.372 e. The van der Waals surface area contributed by atoms with Gasteiger partial charge >= 0.3 is 0 Å². The van der Waals surface area contributed by atoms with Crippen LogP contribution in [-0.4, -0.2) is 38.6 Å². The monoisotopic (exact) mass is 518 g/mol. The molecule has 0 saturated carbocycles. The molecule has 202 valence electrons. The van der Waals surface area contributed by atoms with E-state index in [1.807, 2.05) is 61.0 Å². The molecule has 4 heteroatoms. The Morgan fingerprint density at radius 1 is 0.513 bits per heavy atom. The van der Waals surface area contributed by atoms with Crippen molar-refractivity contribution >= 4 is 29.5 Å². The van der Waals surface area contributed by atoms with Crippen LogP contribution in [0.1, 0.15) is 44.4 Å². The van der Waals surface area contributed by atoms with Crippen LogP contribution in [0.15, 0.2) is 119 Å². The van der Waals surface area contributed by atoms with Crippen molar-refractivity contribution in [3.05, 3.63) is 126 Å². The summed E-state index contributed by atoms with van der Waals surface area (Å²) in [4.78, 5) is 13.6. The van der Waals surface area contributed by atoms with Gasteiger partial charge in [-0.15, -0.1) is 0 Å². The third-order valence-corrected chi connectivity index (χ3v) is 6.52. The maximum atomic E-state index is 4.49. The van der Waals surface area contributed by atoms with Gasteiger partial charge in [-0.3, -0.25) is 9.98 Å². The van der Waals surface area contributed by atoms with E-state index in [-0.39, 0.29) is 0 Å². The number of hydrogen-bond acceptors (Lipinski definition) is 4.